The molecule has 2 N–H and O–H groups in total. The molecular weight excluding hydrogens is 336 g/mol. The summed E-state index contributed by atoms with van der Waals surface area (Å²) in [5.74, 6) is 0.147. The van der Waals surface area contributed by atoms with Crippen LogP contribution in [-0.2, 0) is 0 Å². The Morgan fingerprint density at radius 2 is 1.80 bits per heavy atom. The van der Waals surface area contributed by atoms with Crippen molar-refractivity contribution in [2.45, 2.75) is 13.8 Å². The van der Waals surface area contributed by atoms with Crippen LogP contribution in [0.15, 0.2) is 54.9 Å². The van der Waals surface area contributed by atoms with Gasteiger partial charge >= 0.3 is 0 Å². The number of nitrogens with one attached hydrogen (secondary N) is 2. The SMILES string of the molecule is Cc1ccc(C)c(NC(=O)c2cnc(Nc3cccc(Cl)c3)nc2)c1. The van der Waals surface area contributed by atoms with Crippen molar-refractivity contribution in [3.05, 3.63) is 76.6 Å². The highest BCUT2D eigenvalue weighted by molar-refractivity contribution is 6.30. The first-order valence-corrected chi connectivity index (χ1v) is 8.12. The van der Waals surface area contributed by atoms with Crippen LogP contribution in [0.3, 0.4) is 0 Å². The number of carbonyl (C=O) groups is 1. The summed E-state index contributed by atoms with van der Waals surface area (Å²) in [5, 5.41) is 6.55. The summed E-state index contributed by atoms with van der Waals surface area (Å²) >= 11 is 5.94. The van der Waals surface area contributed by atoms with Gasteiger partial charge in [0.1, 0.15) is 0 Å². The third-order valence-corrected chi connectivity index (χ3v) is 3.87. The van der Waals surface area contributed by atoms with Crippen LogP contribution >= 0.6 is 11.6 Å². The number of benzene rings is 2. The monoisotopic (exact) mass is 352 g/mol. The molecule has 0 spiro atoms. The molecule has 0 unspecified atom stereocenters. The van der Waals surface area contributed by atoms with E-state index in [1.54, 1.807) is 12.1 Å². The van der Waals surface area contributed by atoms with E-state index in [9.17, 15) is 4.79 Å². The van der Waals surface area contributed by atoms with Gasteiger partial charge < -0.3 is 10.6 Å². The highest BCUT2D eigenvalue weighted by Crippen LogP contribution is 2.19. The molecule has 0 fully saturated rings. The second kappa shape index (κ2) is 7.32. The van der Waals surface area contributed by atoms with Crippen molar-refractivity contribution in [3.63, 3.8) is 0 Å². The highest BCUT2D eigenvalue weighted by atomic mass is 35.5. The first kappa shape index (κ1) is 16.9. The number of carbonyl (C=O) groups excluding carboxylic acids is 1. The second-order valence-electron chi connectivity index (χ2n) is 5.70. The minimum atomic E-state index is -0.247. The Kier molecular flexibility index (Phi) is 4.95. The van der Waals surface area contributed by atoms with Crippen molar-refractivity contribution in [2.75, 3.05) is 10.6 Å². The third-order valence-electron chi connectivity index (χ3n) is 3.64. The zero-order chi connectivity index (χ0) is 17.8. The van der Waals surface area contributed by atoms with Crippen molar-refractivity contribution < 1.29 is 4.79 Å². The molecule has 0 saturated carbocycles. The Morgan fingerprint density at radius 1 is 1.04 bits per heavy atom. The van der Waals surface area contributed by atoms with Gasteiger partial charge in [-0.1, -0.05) is 29.8 Å². The Balaban J connectivity index is 1.71. The maximum absolute atomic E-state index is 12.4. The summed E-state index contributed by atoms with van der Waals surface area (Å²) in [4.78, 5) is 20.7. The molecular formula is C19H17ClN4O. The first-order chi connectivity index (χ1) is 12.0. The van der Waals surface area contributed by atoms with Crippen molar-refractivity contribution in [1.29, 1.82) is 0 Å². The van der Waals surface area contributed by atoms with Crippen LogP contribution in [-0.4, -0.2) is 15.9 Å². The molecule has 1 aromatic heterocycles. The van der Waals surface area contributed by atoms with Gasteiger partial charge in [0, 0.05) is 28.8 Å². The number of hydrogen-bond acceptors (Lipinski definition) is 4. The number of aryl methyl sites for hydroxylation is 2. The molecule has 0 atom stereocenters. The van der Waals surface area contributed by atoms with Crippen molar-refractivity contribution >= 4 is 34.8 Å². The molecule has 0 aliphatic rings. The zero-order valence-electron chi connectivity index (χ0n) is 13.9. The highest BCUT2D eigenvalue weighted by Gasteiger charge is 2.09. The third kappa shape index (κ3) is 4.33. The summed E-state index contributed by atoms with van der Waals surface area (Å²) in [7, 11) is 0. The number of halogens is 1. The first-order valence-electron chi connectivity index (χ1n) is 7.74. The second-order valence-corrected chi connectivity index (χ2v) is 6.14. The van der Waals surface area contributed by atoms with Crippen LogP contribution in [0.2, 0.25) is 5.02 Å². The van der Waals surface area contributed by atoms with Gasteiger partial charge in [-0.2, -0.15) is 0 Å². The Bertz CT molecular complexity index is 910. The molecule has 5 nitrogen and oxygen atoms in total. The molecule has 1 amide bonds. The van der Waals surface area contributed by atoms with E-state index in [1.807, 2.05) is 44.2 Å². The summed E-state index contributed by atoms with van der Waals surface area (Å²) in [6.07, 6.45) is 2.97. The minimum absolute atomic E-state index is 0.247. The zero-order valence-corrected chi connectivity index (χ0v) is 14.6. The van der Waals surface area contributed by atoms with E-state index in [4.69, 9.17) is 11.6 Å². The quantitative estimate of drug-likeness (QED) is 0.711. The van der Waals surface area contributed by atoms with E-state index in [-0.39, 0.29) is 5.91 Å². The average molecular weight is 353 g/mol. The number of hydrogen-bond donors (Lipinski definition) is 2. The lowest BCUT2D eigenvalue weighted by Gasteiger charge is -2.09. The fourth-order valence-electron chi connectivity index (χ4n) is 2.27. The van der Waals surface area contributed by atoms with Gasteiger partial charge in [0.25, 0.3) is 5.91 Å². The standard InChI is InChI=1S/C19H17ClN4O/c1-12-6-7-13(2)17(8-12)24-18(25)14-10-21-19(22-11-14)23-16-5-3-4-15(20)9-16/h3-11H,1-2H3,(H,24,25)(H,21,22,23). The Labute approximate surface area is 151 Å². The van der Waals surface area contributed by atoms with Crippen LogP contribution < -0.4 is 10.6 Å². The molecule has 0 radical (unpaired) electrons. The molecule has 25 heavy (non-hydrogen) atoms. The predicted octanol–water partition coefficient (Wildman–Crippen LogP) is 4.74. The molecule has 6 heteroatoms. The minimum Gasteiger partial charge on any atom is -0.324 e. The number of amides is 1. The van der Waals surface area contributed by atoms with E-state index in [0.29, 0.717) is 16.5 Å². The fraction of sp³-hybridized carbons (Fsp3) is 0.105. The summed E-state index contributed by atoms with van der Waals surface area (Å²) in [6.45, 7) is 3.93. The van der Waals surface area contributed by atoms with Gasteiger partial charge in [-0.05, 0) is 49.2 Å². The molecule has 0 aliphatic heterocycles. The topological polar surface area (TPSA) is 66.9 Å². The number of nitrogens with zero attached hydrogens (tertiary/aromatic N) is 2. The van der Waals surface area contributed by atoms with Crippen LogP contribution in [0.1, 0.15) is 21.5 Å². The molecule has 2 aromatic carbocycles. The van der Waals surface area contributed by atoms with Gasteiger partial charge in [-0.3, -0.25) is 4.79 Å². The van der Waals surface area contributed by atoms with E-state index in [0.717, 1.165) is 22.5 Å². The van der Waals surface area contributed by atoms with Crippen LogP contribution in [0, 0.1) is 13.8 Å². The van der Waals surface area contributed by atoms with Crippen LogP contribution in [0.4, 0.5) is 17.3 Å². The van der Waals surface area contributed by atoms with E-state index < -0.39 is 0 Å². The molecule has 0 aliphatic carbocycles. The van der Waals surface area contributed by atoms with Gasteiger partial charge in [-0.15, -0.1) is 0 Å². The smallest absolute Gasteiger partial charge is 0.258 e. The normalized spacial score (nSPS) is 10.4. The van der Waals surface area contributed by atoms with Crippen molar-refractivity contribution in [3.8, 4) is 0 Å². The lowest BCUT2D eigenvalue weighted by molar-refractivity contribution is 0.102. The van der Waals surface area contributed by atoms with E-state index in [1.165, 1.54) is 12.4 Å². The van der Waals surface area contributed by atoms with Crippen LogP contribution in [0.25, 0.3) is 0 Å². The van der Waals surface area contributed by atoms with Gasteiger partial charge in [0.2, 0.25) is 5.95 Å². The fourth-order valence-corrected chi connectivity index (χ4v) is 2.46. The van der Waals surface area contributed by atoms with Gasteiger partial charge in [-0.25, -0.2) is 9.97 Å². The summed E-state index contributed by atoms with van der Waals surface area (Å²) in [5.41, 5.74) is 4.03. The number of anilines is 3. The molecule has 1 heterocycles. The number of rotatable bonds is 4. The Hall–Kier alpha value is -2.92. The molecule has 3 aromatic rings. The van der Waals surface area contributed by atoms with Crippen molar-refractivity contribution in [2.24, 2.45) is 0 Å². The summed E-state index contributed by atoms with van der Waals surface area (Å²) in [6, 6.07) is 13.2. The largest absolute Gasteiger partial charge is 0.324 e. The molecule has 126 valence electrons. The lowest BCUT2D eigenvalue weighted by Crippen LogP contribution is -2.14. The number of aromatic nitrogens is 2. The average Bonchev–Trinajstić information content (AvgIpc) is 2.59. The van der Waals surface area contributed by atoms with E-state index >= 15 is 0 Å². The van der Waals surface area contributed by atoms with Crippen LogP contribution in [0.5, 0.6) is 0 Å². The predicted molar refractivity (Wildman–Crippen MR) is 101 cm³/mol. The van der Waals surface area contributed by atoms with Gasteiger partial charge in [0.05, 0.1) is 5.56 Å². The van der Waals surface area contributed by atoms with Crippen molar-refractivity contribution in [1.82, 2.24) is 9.97 Å². The van der Waals surface area contributed by atoms with Gasteiger partial charge in [0.15, 0.2) is 0 Å². The molecule has 0 bridgehead atoms. The molecule has 3 rings (SSSR count). The van der Waals surface area contributed by atoms with E-state index in [2.05, 4.69) is 20.6 Å². The lowest BCUT2D eigenvalue weighted by atomic mass is 10.1. The molecule has 0 saturated heterocycles. The summed E-state index contributed by atoms with van der Waals surface area (Å²) < 4.78 is 0. The maximum Gasteiger partial charge on any atom is 0.258 e. The Morgan fingerprint density at radius 3 is 2.52 bits per heavy atom. The maximum atomic E-state index is 12.4.